The molecule has 23 heavy (non-hydrogen) atoms. The summed E-state index contributed by atoms with van der Waals surface area (Å²) in [7, 11) is 0. The van der Waals surface area contributed by atoms with Crippen LogP contribution in [0.1, 0.15) is 29.6 Å². The fourth-order valence-electron chi connectivity index (χ4n) is 3.83. The van der Waals surface area contributed by atoms with E-state index in [0.717, 1.165) is 12.8 Å². The lowest BCUT2D eigenvalue weighted by molar-refractivity contribution is -0.385. The number of aliphatic carboxylic acids is 1. The third-order valence-electron chi connectivity index (χ3n) is 4.99. The molecule has 0 radical (unpaired) electrons. The predicted molar refractivity (Wildman–Crippen MR) is 81.4 cm³/mol. The molecule has 3 rings (SSSR count). The Morgan fingerprint density at radius 1 is 1.43 bits per heavy atom. The van der Waals surface area contributed by atoms with Crippen LogP contribution in [0.4, 0.5) is 5.69 Å². The number of halogens is 1. The van der Waals surface area contributed by atoms with E-state index in [1.165, 1.54) is 23.1 Å². The zero-order valence-electron chi connectivity index (χ0n) is 12.2. The lowest BCUT2D eigenvalue weighted by Crippen LogP contribution is -2.37. The van der Waals surface area contributed by atoms with Crippen molar-refractivity contribution >= 4 is 29.2 Å². The number of nitrogens with zero attached hydrogens (tertiary/aromatic N) is 2. The summed E-state index contributed by atoms with van der Waals surface area (Å²) in [4.78, 5) is 36.3. The van der Waals surface area contributed by atoms with Gasteiger partial charge in [-0.25, -0.2) is 0 Å². The van der Waals surface area contributed by atoms with Crippen LogP contribution in [-0.4, -0.2) is 39.9 Å². The number of hydrogen-bond acceptors (Lipinski definition) is 4. The van der Waals surface area contributed by atoms with E-state index in [9.17, 15) is 24.8 Å². The Morgan fingerprint density at radius 3 is 2.78 bits per heavy atom. The number of carbonyl (C=O) groups is 2. The fourth-order valence-corrected chi connectivity index (χ4v) is 4.08. The molecule has 2 aliphatic rings. The van der Waals surface area contributed by atoms with Crippen molar-refractivity contribution in [2.75, 3.05) is 13.1 Å². The van der Waals surface area contributed by atoms with E-state index in [1.807, 2.05) is 0 Å². The maximum Gasteiger partial charge on any atom is 0.311 e. The number of fused-ring (bicyclic) bond motifs is 1. The molecule has 1 amide bonds. The Bertz CT molecular complexity index is 707. The molecule has 1 aliphatic carbocycles. The van der Waals surface area contributed by atoms with Gasteiger partial charge in [0.15, 0.2) is 0 Å². The summed E-state index contributed by atoms with van der Waals surface area (Å²) in [5.74, 6) is -1.58. The second-order valence-corrected chi connectivity index (χ2v) is 6.53. The van der Waals surface area contributed by atoms with Crippen LogP contribution in [0.3, 0.4) is 0 Å². The lowest BCUT2D eigenvalue weighted by atomic mass is 9.81. The van der Waals surface area contributed by atoms with Crippen LogP contribution in [0.5, 0.6) is 0 Å². The second kappa shape index (κ2) is 5.49. The molecule has 0 unspecified atom stereocenters. The number of benzene rings is 1. The Hall–Kier alpha value is -2.15. The smallest absolute Gasteiger partial charge is 0.311 e. The molecule has 8 heteroatoms. The number of amides is 1. The predicted octanol–water partition coefficient (Wildman–Crippen LogP) is 2.58. The summed E-state index contributed by atoms with van der Waals surface area (Å²) in [6.45, 7) is 0.377. The van der Waals surface area contributed by atoms with E-state index in [0.29, 0.717) is 13.0 Å². The maximum absolute atomic E-state index is 12.7. The van der Waals surface area contributed by atoms with E-state index in [1.54, 1.807) is 0 Å². The molecule has 1 saturated carbocycles. The number of carboxylic acids is 1. The minimum Gasteiger partial charge on any atom is -0.481 e. The van der Waals surface area contributed by atoms with E-state index < -0.39 is 22.2 Å². The normalized spacial score (nSPS) is 26.1. The molecule has 122 valence electrons. The molecule has 0 spiro atoms. The summed E-state index contributed by atoms with van der Waals surface area (Å²) in [6, 6.07) is 4.06. The third-order valence-corrected chi connectivity index (χ3v) is 5.30. The molecular formula is C15H15ClN2O5. The molecule has 1 aromatic carbocycles. The van der Waals surface area contributed by atoms with Gasteiger partial charge in [-0.15, -0.1) is 0 Å². The number of hydrogen-bond donors (Lipinski definition) is 1. The molecule has 2 fully saturated rings. The van der Waals surface area contributed by atoms with Gasteiger partial charge in [0.2, 0.25) is 0 Å². The van der Waals surface area contributed by atoms with Crippen LogP contribution in [-0.2, 0) is 4.79 Å². The summed E-state index contributed by atoms with van der Waals surface area (Å²) < 4.78 is 0. The van der Waals surface area contributed by atoms with Crippen LogP contribution >= 0.6 is 11.6 Å². The van der Waals surface area contributed by atoms with Crippen LogP contribution in [0.15, 0.2) is 18.2 Å². The molecule has 0 aromatic heterocycles. The van der Waals surface area contributed by atoms with Crippen molar-refractivity contribution in [3.8, 4) is 0 Å². The van der Waals surface area contributed by atoms with Crippen molar-refractivity contribution in [3.63, 3.8) is 0 Å². The Balaban J connectivity index is 1.95. The quantitative estimate of drug-likeness (QED) is 0.674. The van der Waals surface area contributed by atoms with Gasteiger partial charge in [0, 0.05) is 19.2 Å². The van der Waals surface area contributed by atoms with Gasteiger partial charge < -0.3 is 10.0 Å². The first-order valence-electron chi connectivity index (χ1n) is 7.32. The number of carbonyl (C=O) groups excluding carboxylic acids is 1. The molecule has 0 bridgehead atoms. The molecule has 1 aliphatic heterocycles. The standard InChI is InChI=1S/C15H15ClN2O5/c16-10-4-1-5-11(18(22)23)12(10)13(19)17-7-9-3-2-6-15(9,8-17)14(20)21/h1,4-5,9H,2-3,6-8H2,(H,20,21)/t9-,15+/m0/s1. The van der Waals surface area contributed by atoms with Crippen LogP contribution in [0, 0.1) is 21.4 Å². The lowest BCUT2D eigenvalue weighted by Gasteiger charge is -2.23. The van der Waals surface area contributed by atoms with Gasteiger partial charge in [-0.05, 0) is 24.8 Å². The third kappa shape index (κ3) is 2.35. The van der Waals surface area contributed by atoms with Crippen molar-refractivity contribution in [1.29, 1.82) is 0 Å². The first-order valence-corrected chi connectivity index (χ1v) is 7.70. The highest BCUT2D eigenvalue weighted by molar-refractivity contribution is 6.34. The van der Waals surface area contributed by atoms with Crippen molar-refractivity contribution < 1.29 is 19.6 Å². The first-order chi connectivity index (χ1) is 10.9. The maximum atomic E-state index is 12.7. The van der Waals surface area contributed by atoms with E-state index in [-0.39, 0.29) is 28.7 Å². The summed E-state index contributed by atoms with van der Waals surface area (Å²) in [5, 5.41) is 20.7. The van der Waals surface area contributed by atoms with Gasteiger partial charge >= 0.3 is 5.97 Å². The van der Waals surface area contributed by atoms with E-state index in [4.69, 9.17) is 11.6 Å². The minimum absolute atomic E-state index is 0.00522. The van der Waals surface area contributed by atoms with Gasteiger partial charge in [-0.1, -0.05) is 24.1 Å². The summed E-state index contributed by atoms with van der Waals surface area (Å²) >= 11 is 6.00. The zero-order chi connectivity index (χ0) is 16.8. The van der Waals surface area contributed by atoms with E-state index >= 15 is 0 Å². The van der Waals surface area contributed by atoms with Crippen LogP contribution < -0.4 is 0 Å². The van der Waals surface area contributed by atoms with Crippen molar-refractivity contribution in [3.05, 3.63) is 38.9 Å². The van der Waals surface area contributed by atoms with Crippen molar-refractivity contribution in [2.24, 2.45) is 11.3 Å². The number of likely N-dealkylation sites (tertiary alicyclic amines) is 1. The average molecular weight is 339 g/mol. The highest BCUT2D eigenvalue weighted by Crippen LogP contribution is 2.49. The molecule has 1 heterocycles. The van der Waals surface area contributed by atoms with Gasteiger partial charge in [0.1, 0.15) is 5.56 Å². The largest absolute Gasteiger partial charge is 0.481 e. The SMILES string of the molecule is O=C(c1c(Cl)cccc1[N+](=O)[O-])N1C[C@@H]2CCC[C@@]2(C(=O)O)C1. The molecule has 1 saturated heterocycles. The zero-order valence-corrected chi connectivity index (χ0v) is 13.0. The summed E-state index contributed by atoms with van der Waals surface area (Å²) in [6.07, 6.45) is 2.10. The van der Waals surface area contributed by atoms with E-state index in [2.05, 4.69) is 0 Å². The summed E-state index contributed by atoms with van der Waals surface area (Å²) in [5.41, 5.74) is -1.45. The Labute approximate surface area is 137 Å². The first kappa shape index (κ1) is 15.7. The Morgan fingerprint density at radius 2 is 2.17 bits per heavy atom. The number of nitro benzene ring substituents is 1. The van der Waals surface area contributed by atoms with Gasteiger partial charge in [-0.3, -0.25) is 19.7 Å². The van der Waals surface area contributed by atoms with Gasteiger partial charge in [-0.2, -0.15) is 0 Å². The molecule has 1 aromatic rings. The fraction of sp³-hybridized carbons (Fsp3) is 0.467. The highest BCUT2D eigenvalue weighted by Gasteiger charge is 2.56. The number of nitro groups is 1. The molecular weight excluding hydrogens is 324 g/mol. The number of rotatable bonds is 3. The average Bonchev–Trinajstić information content (AvgIpc) is 3.04. The Kier molecular flexibility index (Phi) is 3.75. The monoisotopic (exact) mass is 338 g/mol. The van der Waals surface area contributed by atoms with Gasteiger partial charge in [0.25, 0.3) is 11.6 Å². The molecule has 7 nitrogen and oxygen atoms in total. The van der Waals surface area contributed by atoms with Crippen LogP contribution in [0.2, 0.25) is 5.02 Å². The second-order valence-electron chi connectivity index (χ2n) is 6.13. The van der Waals surface area contributed by atoms with Crippen LogP contribution in [0.25, 0.3) is 0 Å². The topological polar surface area (TPSA) is 101 Å². The molecule has 1 N–H and O–H groups in total. The van der Waals surface area contributed by atoms with Crippen molar-refractivity contribution in [2.45, 2.75) is 19.3 Å². The molecule has 2 atom stereocenters. The van der Waals surface area contributed by atoms with Gasteiger partial charge in [0.05, 0.1) is 15.4 Å². The van der Waals surface area contributed by atoms with Crippen molar-refractivity contribution in [1.82, 2.24) is 4.90 Å². The minimum atomic E-state index is -0.925. The highest BCUT2D eigenvalue weighted by atomic mass is 35.5. The number of carboxylic acid groups (broad SMARTS) is 1.